The smallest absolute Gasteiger partial charge is 0.337 e. The third-order valence-corrected chi connectivity index (χ3v) is 1.44. The Kier molecular flexibility index (Phi) is 2.74. The van der Waals surface area contributed by atoms with E-state index in [1.54, 1.807) is 12.2 Å². The fourth-order valence-electron chi connectivity index (χ4n) is 0.799. The van der Waals surface area contributed by atoms with Crippen LogP contribution in [-0.4, -0.2) is 26.8 Å². The number of carbonyl (C=O) groups is 1. The summed E-state index contributed by atoms with van der Waals surface area (Å²) in [5.74, 6) is 0.0315. The summed E-state index contributed by atoms with van der Waals surface area (Å²) in [5.41, 5.74) is 0.485. The van der Waals surface area contributed by atoms with Crippen LogP contribution < -0.4 is 0 Å². The van der Waals surface area contributed by atoms with Crippen LogP contribution in [0, 0.1) is 0 Å². The standard InChI is InChI=1S/C8H10O4/c1-10-7-4-3-6(5-12-7)8(9)11-2/h3-4H,5H2,1-2H3. The molecule has 0 N–H and O–H groups in total. The van der Waals surface area contributed by atoms with Crippen molar-refractivity contribution in [3.05, 3.63) is 23.7 Å². The number of allylic oxidation sites excluding steroid dienone is 2. The molecule has 0 spiro atoms. The van der Waals surface area contributed by atoms with E-state index in [-0.39, 0.29) is 12.6 Å². The zero-order chi connectivity index (χ0) is 8.97. The molecule has 0 unspecified atom stereocenters. The van der Waals surface area contributed by atoms with E-state index < -0.39 is 0 Å². The average molecular weight is 170 g/mol. The Morgan fingerprint density at radius 1 is 1.50 bits per heavy atom. The molecule has 0 aliphatic carbocycles. The van der Waals surface area contributed by atoms with Crippen molar-refractivity contribution in [3.63, 3.8) is 0 Å². The van der Waals surface area contributed by atoms with Gasteiger partial charge in [-0.3, -0.25) is 0 Å². The molecular formula is C8H10O4. The topological polar surface area (TPSA) is 44.8 Å². The molecule has 0 aromatic carbocycles. The van der Waals surface area contributed by atoms with E-state index in [1.807, 2.05) is 0 Å². The van der Waals surface area contributed by atoms with E-state index in [0.29, 0.717) is 11.5 Å². The first-order valence-corrected chi connectivity index (χ1v) is 3.44. The highest BCUT2D eigenvalue weighted by Gasteiger charge is 2.14. The summed E-state index contributed by atoms with van der Waals surface area (Å²) < 4.78 is 14.3. The van der Waals surface area contributed by atoms with Gasteiger partial charge in [0.1, 0.15) is 6.61 Å². The normalized spacial score (nSPS) is 15.5. The average Bonchev–Trinajstić information content (AvgIpc) is 2.17. The van der Waals surface area contributed by atoms with Gasteiger partial charge in [-0.15, -0.1) is 0 Å². The summed E-state index contributed by atoms with van der Waals surface area (Å²) in [6.45, 7) is 0.201. The second-order valence-electron chi connectivity index (χ2n) is 2.16. The first-order valence-electron chi connectivity index (χ1n) is 3.44. The number of hydrogen-bond acceptors (Lipinski definition) is 4. The summed E-state index contributed by atoms with van der Waals surface area (Å²) in [6, 6.07) is 0. The fourth-order valence-corrected chi connectivity index (χ4v) is 0.799. The van der Waals surface area contributed by atoms with E-state index in [2.05, 4.69) is 4.74 Å². The van der Waals surface area contributed by atoms with Crippen LogP contribution in [-0.2, 0) is 19.0 Å². The lowest BCUT2D eigenvalue weighted by Gasteiger charge is -2.13. The minimum Gasteiger partial charge on any atom is -0.469 e. The van der Waals surface area contributed by atoms with E-state index in [1.165, 1.54) is 14.2 Å². The molecular weight excluding hydrogens is 160 g/mol. The Morgan fingerprint density at radius 2 is 2.25 bits per heavy atom. The number of ether oxygens (including phenoxy) is 3. The van der Waals surface area contributed by atoms with E-state index in [0.717, 1.165) is 0 Å². The van der Waals surface area contributed by atoms with Gasteiger partial charge in [-0.25, -0.2) is 4.79 Å². The highest BCUT2D eigenvalue weighted by molar-refractivity contribution is 5.89. The van der Waals surface area contributed by atoms with Crippen LogP contribution in [0.3, 0.4) is 0 Å². The Morgan fingerprint density at radius 3 is 2.67 bits per heavy atom. The summed E-state index contributed by atoms with van der Waals surface area (Å²) in [4.78, 5) is 10.9. The van der Waals surface area contributed by atoms with Gasteiger partial charge in [-0.05, 0) is 6.08 Å². The molecule has 4 nitrogen and oxygen atoms in total. The van der Waals surface area contributed by atoms with Crippen molar-refractivity contribution in [2.75, 3.05) is 20.8 Å². The number of esters is 1. The third kappa shape index (κ3) is 1.78. The fraction of sp³-hybridized carbons (Fsp3) is 0.375. The maximum Gasteiger partial charge on any atom is 0.337 e. The molecule has 0 aromatic rings. The molecule has 0 atom stereocenters. The predicted octanol–water partition coefficient (Wildman–Crippen LogP) is 0.604. The molecule has 0 aromatic heterocycles. The Labute approximate surface area is 70.4 Å². The molecule has 0 amide bonds. The lowest BCUT2D eigenvalue weighted by atomic mass is 10.2. The van der Waals surface area contributed by atoms with E-state index in [4.69, 9.17) is 9.47 Å². The summed E-state index contributed by atoms with van der Waals surface area (Å²) in [7, 11) is 2.83. The van der Waals surface area contributed by atoms with Crippen LogP contribution in [0.4, 0.5) is 0 Å². The van der Waals surface area contributed by atoms with Gasteiger partial charge in [0, 0.05) is 6.08 Å². The molecule has 0 radical (unpaired) electrons. The van der Waals surface area contributed by atoms with Crippen molar-refractivity contribution in [2.24, 2.45) is 0 Å². The van der Waals surface area contributed by atoms with E-state index >= 15 is 0 Å². The molecule has 1 aliphatic heterocycles. The predicted molar refractivity (Wildman–Crippen MR) is 41.1 cm³/mol. The van der Waals surface area contributed by atoms with Crippen molar-refractivity contribution in [3.8, 4) is 0 Å². The zero-order valence-electron chi connectivity index (χ0n) is 6.99. The van der Waals surface area contributed by atoms with Crippen LogP contribution in [0.25, 0.3) is 0 Å². The first kappa shape index (κ1) is 8.64. The second-order valence-corrected chi connectivity index (χ2v) is 2.16. The number of methoxy groups -OCH3 is 2. The van der Waals surface area contributed by atoms with Crippen LogP contribution >= 0.6 is 0 Å². The summed E-state index contributed by atoms with van der Waals surface area (Å²) in [6.07, 6.45) is 3.20. The maximum atomic E-state index is 10.9. The molecule has 66 valence electrons. The minimum absolute atomic E-state index is 0.201. The largest absolute Gasteiger partial charge is 0.469 e. The molecule has 12 heavy (non-hydrogen) atoms. The monoisotopic (exact) mass is 170 g/mol. The van der Waals surface area contributed by atoms with Crippen molar-refractivity contribution in [1.82, 2.24) is 0 Å². The molecule has 1 rings (SSSR count). The molecule has 4 heteroatoms. The van der Waals surface area contributed by atoms with Gasteiger partial charge in [0.25, 0.3) is 5.95 Å². The Bertz CT molecular complexity index is 239. The van der Waals surface area contributed by atoms with Crippen LogP contribution in [0.2, 0.25) is 0 Å². The van der Waals surface area contributed by atoms with Crippen molar-refractivity contribution in [1.29, 1.82) is 0 Å². The van der Waals surface area contributed by atoms with Gasteiger partial charge in [0.15, 0.2) is 0 Å². The van der Waals surface area contributed by atoms with Gasteiger partial charge in [-0.2, -0.15) is 0 Å². The first-order chi connectivity index (χ1) is 5.77. The molecule has 0 bridgehead atoms. The van der Waals surface area contributed by atoms with Gasteiger partial charge >= 0.3 is 5.97 Å². The van der Waals surface area contributed by atoms with Crippen molar-refractivity contribution < 1.29 is 19.0 Å². The second kappa shape index (κ2) is 3.80. The van der Waals surface area contributed by atoms with Crippen LogP contribution in [0.15, 0.2) is 23.7 Å². The quantitative estimate of drug-likeness (QED) is 0.569. The summed E-state index contributed by atoms with van der Waals surface area (Å²) in [5, 5.41) is 0. The van der Waals surface area contributed by atoms with E-state index in [9.17, 15) is 4.79 Å². The number of carbonyl (C=O) groups excluding carboxylic acids is 1. The molecule has 0 saturated carbocycles. The van der Waals surface area contributed by atoms with Crippen molar-refractivity contribution >= 4 is 5.97 Å². The lowest BCUT2D eigenvalue weighted by Crippen LogP contribution is -2.13. The SMILES string of the molecule is COC(=O)C1=CC=C(OC)OC1. The number of hydrogen-bond donors (Lipinski definition) is 0. The van der Waals surface area contributed by atoms with Gasteiger partial charge in [-0.1, -0.05) is 0 Å². The highest BCUT2D eigenvalue weighted by Crippen LogP contribution is 2.11. The number of rotatable bonds is 2. The Hall–Kier alpha value is -1.45. The molecule has 1 heterocycles. The van der Waals surface area contributed by atoms with Gasteiger partial charge in [0.2, 0.25) is 0 Å². The highest BCUT2D eigenvalue weighted by atomic mass is 16.7. The third-order valence-electron chi connectivity index (χ3n) is 1.44. The maximum absolute atomic E-state index is 10.9. The zero-order valence-corrected chi connectivity index (χ0v) is 6.99. The molecule has 0 saturated heterocycles. The minimum atomic E-state index is -0.374. The summed E-state index contributed by atoms with van der Waals surface area (Å²) >= 11 is 0. The van der Waals surface area contributed by atoms with Gasteiger partial charge in [0.05, 0.1) is 19.8 Å². The van der Waals surface area contributed by atoms with Crippen molar-refractivity contribution in [2.45, 2.75) is 0 Å². The van der Waals surface area contributed by atoms with Crippen LogP contribution in [0.5, 0.6) is 0 Å². The molecule has 1 aliphatic rings. The molecule has 0 fully saturated rings. The van der Waals surface area contributed by atoms with Crippen LogP contribution in [0.1, 0.15) is 0 Å². The lowest BCUT2D eigenvalue weighted by molar-refractivity contribution is -0.136. The Balaban J connectivity index is 2.66. The van der Waals surface area contributed by atoms with Gasteiger partial charge < -0.3 is 14.2 Å².